The maximum Gasteiger partial charge on any atom is 0.240 e. The van der Waals surface area contributed by atoms with Crippen molar-refractivity contribution in [1.82, 2.24) is 9.71 Å². The van der Waals surface area contributed by atoms with Crippen molar-refractivity contribution in [2.24, 2.45) is 0 Å². The highest BCUT2D eigenvalue weighted by atomic mass is 35.5. The van der Waals surface area contributed by atoms with Gasteiger partial charge in [0, 0.05) is 23.5 Å². The lowest BCUT2D eigenvalue weighted by atomic mass is 10.1. The van der Waals surface area contributed by atoms with Gasteiger partial charge in [-0.15, -0.1) is 0 Å². The Hall–Kier alpha value is -2.66. The zero-order chi connectivity index (χ0) is 20.1. The molecule has 0 fully saturated rings. The molecule has 2 aromatic carbocycles. The van der Waals surface area contributed by atoms with Gasteiger partial charge in [0.25, 0.3) is 0 Å². The SMILES string of the molecule is Cc1ccc2cc(C#N)c(NCCCNS(=O)(=O)c3ccc(Cl)cc3)nc2c1. The first kappa shape index (κ1) is 20.1. The van der Waals surface area contributed by atoms with Gasteiger partial charge in [0.15, 0.2) is 0 Å². The largest absolute Gasteiger partial charge is 0.369 e. The summed E-state index contributed by atoms with van der Waals surface area (Å²) < 4.78 is 27.0. The molecule has 8 heteroatoms. The summed E-state index contributed by atoms with van der Waals surface area (Å²) in [6, 6.07) is 15.8. The van der Waals surface area contributed by atoms with E-state index in [-0.39, 0.29) is 11.4 Å². The maximum atomic E-state index is 12.2. The number of fused-ring (bicyclic) bond motifs is 1. The van der Waals surface area contributed by atoms with Gasteiger partial charge in [-0.05, 0) is 55.3 Å². The Morgan fingerprint density at radius 1 is 1.11 bits per heavy atom. The van der Waals surface area contributed by atoms with Crippen LogP contribution in [0.4, 0.5) is 5.82 Å². The van der Waals surface area contributed by atoms with Crippen molar-refractivity contribution in [2.75, 3.05) is 18.4 Å². The van der Waals surface area contributed by atoms with Crippen LogP contribution >= 0.6 is 11.6 Å². The minimum absolute atomic E-state index is 0.170. The second kappa shape index (κ2) is 8.57. The third-order valence-corrected chi connectivity index (χ3v) is 5.88. The van der Waals surface area contributed by atoms with E-state index in [0.29, 0.717) is 29.4 Å². The predicted molar refractivity (Wildman–Crippen MR) is 111 cm³/mol. The number of halogens is 1. The molecular formula is C20H19ClN4O2S. The zero-order valence-corrected chi connectivity index (χ0v) is 16.8. The summed E-state index contributed by atoms with van der Waals surface area (Å²) in [6.45, 7) is 2.72. The molecule has 144 valence electrons. The summed E-state index contributed by atoms with van der Waals surface area (Å²) in [4.78, 5) is 4.69. The topological polar surface area (TPSA) is 94.9 Å². The van der Waals surface area contributed by atoms with Crippen LogP contribution in [0.25, 0.3) is 10.9 Å². The summed E-state index contributed by atoms with van der Waals surface area (Å²) in [5.74, 6) is 0.501. The molecule has 0 bridgehead atoms. The Labute approximate surface area is 169 Å². The standard InChI is InChI=1S/C20H19ClN4O2S/c1-14-3-4-15-12-16(13-22)20(25-19(15)11-14)23-9-2-10-24-28(26,27)18-7-5-17(21)6-8-18/h3-8,11-12,24H,2,9-10H2,1H3,(H,23,25). The molecule has 0 aliphatic rings. The fourth-order valence-electron chi connectivity index (χ4n) is 2.70. The number of aromatic nitrogens is 1. The summed E-state index contributed by atoms with van der Waals surface area (Å²) >= 11 is 5.78. The van der Waals surface area contributed by atoms with Crippen LogP contribution in [0, 0.1) is 18.3 Å². The van der Waals surface area contributed by atoms with Crippen LogP contribution in [-0.4, -0.2) is 26.5 Å². The molecule has 3 rings (SSSR count). The number of hydrogen-bond acceptors (Lipinski definition) is 5. The Morgan fingerprint density at radius 3 is 2.57 bits per heavy atom. The van der Waals surface area contributed by atoms with Gasteiger partial charge >= 0.3 is 0 Å². The van der Waals surface area contributed by atoms with E-state index in [2.05, 4.69) is 21.1 Å². The van der Waals surface area contributed by atoms with Crippen molar-refractivity contribution in [3.8, 4) is 6.07 Å². The molecule has 1 heterocycles. The number of anilines is 1. The normalized spacial score (nSPS) is 11.3. The summed E-state index contributed by atoms with van der Waals surface area (Å²) in [7, 11) is -3.57. The minimum Gasteiger partial charge on any atom is -0.369 e. The van der Waals surface area contributed by atoms with Gasteiger partial charge in [-0.3, -0.25) is 0 Å². The lowest BCUT2D eigenvalue weighted by molar-refractivity contribution is 0.580. The van der Waals surface area contributed by atoms with Crippen molar-refractivity contribution in [3.05, 3.63) is 64.7 Å². The molecule has 2 N–H and O–H groups in total. The molecule has 6 nitrogen and oxygen atoms in total. The average molecular weight is 415 g/mol. The lowest BCUT2D eigenvalue weighted by Crippen LogP contribution is -2.26. The molecule has 0 saturated carbocycles. The molecule has 0 spiro atoms. The maximum absolute atomic E-state index is 12.2. The average Bonchev–Trinajstić information content (AvgIpc) is 2.67. The van der Waals surface area contributed by atoms with Crippen LogP contribution < -0.4 is 10.0 Å². The Bertz CT molecular complexity index is 1140. The van der Waals surface area contributed by atoms with E-state index in [1.165, 1.54) is 24.3 Å². The van der Waals surface area contributed by atoms with Crippen molar-refractivity contribution < 1.29 is 8.42 Å². The zero-order valence-electron chi connectivity index (χ0n) is 15.2. The van der Waals surface area contributed by atoms with E-state index in [0.717, 1.165) is 16.5 Å². The predicted octanol–water partition coefficient (Wildman–Crippen LogP) is 3.85. The monoisotopic (exact) mass is 414 g/mol. The molecule has 0 unspecified atom stereocenters. The quantitative estimate of drug-likeness (QED) is 0.572. The number of nitriles is 1. The minimum atomic E-state index is -3.57. The van der Waals surface area contributed by atoms with Gasteiger partial charge in [0.2, 0.25) is 10.0 Å². The van der Waals surface area contributed by atoms with E-state index in [1.54, 1.807) is 6.07 Å². The highest BCUT2D eigenvalue weighted by Gasteiger charge is 2.13. The first-order valence-electron chi connectivity index (χ1n) is 8.70. The van der Waals surface area contributed by atoms with E-state index in [1.807, 2.05) is 25.1 Å². The molecule has 0 saturated heterocycles. The smallest absolute Gasteiger partial charge is 0.240 e. The van der Waals surface area contributed by atoms with Crippen LogP contribution in [0.5, 0.6) is 0 Å². The first-order chi connectivity index (χ1) is 13.4. The van der Waals surface area contributed by atoms with Crippen LogP contribution in [-0.2, 0) is 10.0 Å². The van der Waals surface area contributed by atoms with Crippen LogP contribution in [0.2, 0.25) is 5.02 Å². The summed E-state index contributed by atoms with van der Waals surface area (Å²) in [5.41, 5.74) is 2.36. The number of pyridine rings is 1. The molecule has 0 aliphatic heterocycles. The van der Waals surface area contributed by atoms with Crippen LogP contribution in [0.1, 0.15) is 17.5 Å². The third kappa shape index (κ3) is 4.78. The molecule has 0 aliphatic carbocycles. The first-order valence-corrected chi connectivity index (χ1v) is 10.6. The van der Waals surface area contributed by atoms with Gasteiger partial charge in [0.05, 0.1) is 16.0 Å². The number of nitrogens with one attached hydrogen (secondary N) is 2. The molecule has 1 aromatic heterocycles. The number of rotatable bonds is 7. The van der Waals surface area contributed by atoms with Gasteiger partial charge < -0.3 is 5.32 Å². The van der Waals surface area contributed by atoms with E-state index >= 15 is 0 Å². The number of nitrogens with zero attached hydrogens (tertiary/aromatic N) is 2. The Kier molecular flexibility index (Phi) is 6.15. The van der Waals surface area contributed by atoms with Crippen LogP contribution in [0.3, 0.4) is 0 Å². The number of sulfonamides is 1. The third-order valence-electron chi connectivity index (χ3n) is 4.16. The molecule has 0 radical (unpaired) electrons. The van der Waals surface area contributed by atoms with Crippen molar-refractivity contribution in [3.63, 3.8) is 0 Å². The van der Waals surface area contributed by atoms with Gasteiger partial charge in [-0.1, -0.05) is 23.7 Å². The summed E-state index contributed by atoms with van der Waals surface area (Å²) in [5, 5.41) is 13.9. The van der Waals surface area contributed by atoms with Gasteiger partial charge in [-0.2, -0.15) is 5.26 Å². The lowest BCUT2D eigenvalue weighted by Gasteiger charge is -2.10. The van der Waals surface area contributed by atoms with Gasteiger partial charge in [0.1, 0.15) is 11.9 Å². The van der Waals surface area contributed by atoms with Crippen LogP contribution in [0.15, 0.2) is 53.4 Å². The molecule has 0 amide bonds. The second-order valence-corrected chi connectivity index (χ2v) is 8.53. The molecule has 0 atom stereocenters. The molecular weight excluding hydrogens is 396 g/mol. The van der Waals surface area contributed by atoms with E-state index in [9.17, 15) is 13.7 Å². The van der Waals surface area contributed by atoms with Crippen molar-refractivity contribution >= 4 is 38.3 Å². The fraction of sp³-hybridized carbons (Fsp3) is 0.200. The fourth-order valence-corrected chi connectivity index (χ4v) is 3.90. The Morgan fingerprint density at radius 2 is 1.86 bits per heavy atom. The van der Waals surface area contributed by atoms with Crippen molar-refractivity contribution in [2.45, 2.75) is 18.2 Å². The van der Waals surface area contributed by atoms with E-state index in [4.69, 9.17) is 11.6 Å². The highest BCUT2D eigenvalue weighted by Crippen LogP contribution is 2.21. The second-order valence-electron chi connectivity index (χ2n) is 6.32. The molecule has 3 aromatic rings. The number of aryl methyl sites for hydroxylation is 1. The summed E-state index contributed by atoms with van der Waals surface area (Å²) in [6.07, 6.45) is 0.533. The number of hydrogen-bond donors (Lipinski definition) is 2. The van der Waals surface area contributed by atoms with Crippen molar-refractivity contribution in [1.29, 1.82) is 5.26 Å². The van der Waals surface area contributed by atoms with E-state index < -0.39 is 10.0 Å². The van der Waals surface area contributed by atoms with Gasteiger partial charge in [-0.25, -0.2) is 18.1 Å². The molecule has 28 heavy (non-hydrogen) atoms. The number of benzene rings is 2. The highest BCUT2D eigenvalue weighted by molar-refractivity contribution is 7.89. The Balaban J connectivity index is 1.59.